The van der Waals surface area contributed by atoms with Gasteiger partial charge in [0.2, 0.25) is 5.91 Å². The molecule has 2 aromatic rings. The maximum absolute atomic E-state index is 12.2. The molecule has 2 N–H and O–H groups in total. The van der Waals surface area contributed by atoms with Gasteiger partial charge in [0, 0.05) is 30.5 Å². The van der Waals surface area contributed by atoms with E-state index in [0.717, 1.165) is 17.9 Å². The zero-order valence-corrected chi connectivity index (χ0v) is 16.4. The van der Waals surface area contributed by atoms with Crippen molar-refractivity contribution in [2.75, 3.05) is 20.7 Å². The van der Waals surface area contributed by atoms with Gasteiger partial charge < -0.3 is 15.0 Å². The molecule has 5 heteroatoms. The number of nitrogens with one attached hydrogen (secondary N) is 2. The molecule has 0 saturated heterocycles. The van der Waals surface area contributed by atoms with E-state index in [1.54, 1.807) is 24.3 Å². The average Bonchev–Trinajstić information content (AvgIpc) is 2.66. The molecule has 0 saturated carbocycles. The van der Waals surface area contributed by atoms with Crippen LogP contribution in [0, 0.1) is 0 Å². The van der Waals surface area contributed by atoms with E-state index in [4.69, 9.17) is 4.74 Å². The normalized spacial score (nSPS) is 10.7. The first-order valence-corrected chi connectivity index (χ1v) is 9.37. The molecule has 0 aliphatic heterocycles. The van der Waals surface area contributed by atoms with Gasteiger partial charge in [0.05, 0.1) is 20.7 Å². The highest BCUT2D eigenvalue weighted by atomic mass is 16.5. The molecule has 0 spiro atoms. The number of quaternary nitrogens is 1. The molecule has 0 aliphatic rings. The second-order valence-corrected chi connectivity index (χ2v) is 6.86. The van der Waals surface area contributed by atoms with Gasteiger partial charge in [-0.2, -0.15) is 0 Å². The topological polar surface area (TPSA) is 59.8 Å². The molecule has 0 fully saturated rings. The van der Waals surface area contributed by atoms with E-state index in [1.165, 1.54) is 10.5 Å². The summed E-state index contributed by atoms with van der Waals surface area (Å²) in [6.45, 7) is 3.95. The van der Waals surface area contributed by atoms with Crippen LogP contribution in [0.5, 0.6) is 5.75 Å². The summed E-state index contributed by atoms with van der Waals surface area (Å²) >= 11 is 0. The summed E-state index contributed by atoms with van der Waals surface area (Å²) in [5, 5.41) is 2.88. The van der Waals surface area contributed by atoms with Crippen LogP contribution >= 0.6 is 0 Å². The van der Waals surface area contributed by atoms with Crippen LogP contribution in [0.3, 0.4) is 0 Å². The Balaban J connectivity index is 1.74. The first kappa shape index (κ1) is 20.6. The number of rotatable bonds is 10. The summed E-state index contributed by atoms with van der Waals surface area (Å²) in [5.41, 5.74) is 2.93. The van der Waals surface area contributed by atoms with Crippen LogP contribution < -0.4 is 15.0 Å². The Morgan fingerprint density at radius 1 is 0.926 bits per heavy atom. The molecule has 1 amide bonds. The number of hydrogen-bond acceptors (Lipinski definition) is 3. The van der Waals surface area contributed by atoms with Crippen LogP contribution in [0.2, 0.25) is 0 Å². The molecular weight excluding hydrogens is 340 g/mol. The van der Waals surface area contributed by atoms with Gasteiger partial charge in [-0.15, -0.1) is 0 Å². The Morgan fingerprint density at radius 2 is 1.56 bits per heavy atom. The van der Waals surface area contributed by atoms with E-state index < -0.39 is 0 Å². The molecule has 2 rings (SSSR count). The fourth-order valence-corrected chi connectivity index (χ4v) is 2.75. The fraction of sp³-hybridized carbons (Fsp3) is 0.364. The van der Waals surface area contributed by atoms with E-state index >= 15 is 0 Å². The Bertz CT molecular complexity index is 737. The second-order valence-electron chi connectivity index (χ2n) is 6.86. The molecule has 2 aromatic carbocycles. The summed E-state index contributed by atoms with van der Waals surface area (Å²) in [6.07, 6.45) is 0.387. The average molecular weight is 369 g/mol. The van der Waals surface area contributed by atoms with Crippen LogP contribution in [0.15, 0.2) is 48.5 Å². The highest BCUT2D eigenvalue weighted by Gasteiger charge is 2.10. The van der Waals surface area contributed by atoms with Gasteiger partial charge in [-0.05, 0) is 36.8 Å². The smallest absolute Gasteiger partial charge is 0.220 e. The van der Waals surface area contributed by atoms with Crippen LogP contribution in [0.25, 0.3) is 0 Å². The van der Waals surface area contributed by atoms with Crippen LogP contribution in [-0.4, -0.2) is 32.4 Å². The fourth-order valence-electron chi connectivity index (χ4n) is 2.75. The van der Waals surface area contributed by atoms with Gasteiger partial charge >= 0.3 is 0 Å². The van der Waals surface area contributed by atoms with E-state index in [1.807, 2.05) is 19.1 Å². The molecule has 0 aromatic heterocycles. The Kier molecular flexibility index (Phi) is 8.01. The summed E-state index contributed by atoms with van der Waals surface area (Å²) < 4.78 is 5.36. The van der Waals surface area contributed by atoms with Crippen molar-refractivity contribution >= 4 is 11.7 Å². The molecule has 0 bridgehead atoms. The predicted octanol–water partition coefficient (Wildman–Crippen LogP) is 2.01. The predicted molar refractivity (Wildman–Crippen MR) is 106 cm³/mol. The quantitative estimate of drug-likeness (QED) is 0.630. The minimum Gasteiger partial charge on any atom is -0.494 e. The molecule has 0 radical (unpaired) electrons. The van der Waals surface area contributed by atoms with E-state index in [-0.39, 0.29) is 24.5 Å². The van der Waals surface area contributed by atoms with Gasteiger partial charge in [-0.1, -0.05) is 24.3 Å². The molecule has 0 unspecified atom stereocenters. The lowest BCUT2D eigenvalue weighted by molar-refractivity contribution is -0.872. The molecule has 144 valence electrons. The zero-order valence-electron chi connectivity index (χ0n) is 16.4. The van der Waals surface area contributed by atoms with Crippen LogP contribution in [-0.2, 0) is 17.9 Å². The highest BCUT2D eigenvalue weighted by Crippen LogP contribution is 2.14. The van der Waals surface area contributed by atoms with Crippen molar-refractivity contribution in [3.63, 3.8) is 0 Å². The molecule has 27 heavy (non-hydrogen) atoms. The zero-order chi connectivity index (χ0) is 19.6. The number of carbonyl (C=O) groups excluding carboxylic acids is 2. The molecule has 0 aliphatic carbocycles. The number of amides is 1. The second kappa shape index (κ2) is 10.5. The first-order valence-electron chi connectivity index (χ1n) is 9.37. The van der Waals surface area contributed by atoms with Gasteiger partial charge in [-0.3, -0.25) is 9.59 Å². The van der Waals surface area contributed by atoms with Crippen molar-refractivity contribution in [2.45, 2.75) is 32.9 Å². The van der Waals surface area contributed by atoms with Gasteiger partial charge in [0.15, 0.2) is 5.78 Å². The third-order valence-electron chi connectivity index (χ3n) is 4.14. The number of benzene rings is 2. The standard InChI is InChI=1S/C22H28N2O3/c1-4-27-20-11-9-19(10-12-20)21(25)13-14-22(26)23-15-17-5-7-18(8-6-17)16-24(2)3/h5-12H,4,13-16H2,1-3H3,(H,23,26)/p+1. The van der Waals surface area contributed by atoms with Crippen molar-refractivity contribution in [1.29, 1.82) is 0 Å². The van der Waals surface area contributed by atoms with Crippen molar-refractivity contribution in [1.82, 2.24) is 5.32 Å². The lowest BCUT2D eigenvalue weighted by atomic mass is 10.1. The van der Waals surface area contributed by atoms with Crippen molar-refractivity contribution < 1.29 is 19.2 Å². The van der Waals surface area contributed by atoms with Crippen molar-refractivity contribution in [3.05, 3.63) is 65.2 Å². The summed E-state index contributed by atoms with van der Waals surface area (Å²) in [5.74, 6) is 0.588. The van der Waals surface area contributed by atoms with E-state index in [2.05, 4.69) is 31.5 Å². The number of hydrogen-bond donors (Lipinski definition) is 2. The maximum Gasteiger partial charge on any atom is 0.220 e. The number of Topliss-reactive ketones (excluding diaryl/α,β-unsaturated/α-hetero) is 1. The summed E-state index contributed by atoms with van der Waals surface area (Å²) in [4.78, 5) is 25.6. The van der Waals surface area contributed by atoms with Gasteiger partial charge in [0.1, 0.15) is 12.3 Å². The van der Waals surface area contributed by atoms with Crippen molar-refractivity contribution in [2.24, 2.45) is 0 Å². The molecule has 0 atom stereocenters. The maximum atomic E-state index is 12.2. The third kappa shape index (κ3) is 7.23. The number of ketones is 1. The Morgan fingerprint density at radius 3 is 2.15 bits per heavy atom. The first-order chi connectivity index (χ1) is 13.0. The Labute approximate surface area is 161 Å². The molecular formula is C22H29N2O3+. The summed E-state index contributed by atoms with van der Waals surface area (Å²) in [7, 11) is 4.23. The minimum absolute atomic E-state index is 0.0382. The largest absolute Gasteiger partial charge is 0.494 e. The van der Waals surface area contributed by atoms with Crippen LogP contribution in [0.4, 0.5) is 0 Å². The van der Waals surface area contributed by atoms with E-state index in [9.17, 15) is 9.59 Å². The third-order valence-corrected chi connectivity index (χ3v) is 4.14. The monoisotopic (exact) mass is 369 g/mol. The lowest BCUT2D eigenvalue weighted by Crippen LogP contribution is -3.04. The highest BCUT2D eigenvalue weighted by molar-refractivity contribution is 5.98. The lowest BCUT2D eigenvalue weighted by Gasteiger charge is -2.09. The number of ether oxygens (including phenoxy) is 1. The van der Waals surface area contributed by atoms with Crippen LogP contribution in [0.1, 0.15) is 41.3 Å². The molecule has 0 heterocycles. The van der Waals surface area contributed by atoms with E-state index in [0.29, 0.717) is 18.7 Å². The Hall–Kier alpha value is -2.66. The van der Waals surface area contributed by atoms with Gasteiger partial charge in [0.25, 0.3) is 0 Å². The number of carbonyl (C=O) groups is 2. The minimum atomic E-state index is -0.115. The molecule has 5 nitrogen and oxygen atoms in total. The van der Waals surface area contributed by atoms with Crippen molar-refractivity contribution in [3.8, 4) is 5.75 Å². The SMILES string of the molecule is CCOc1ccc(C(=O)CCC(=O)NCc2ccc(C[NH+](C)C)cc2)cc1. The van der Waals surface area contributed by atoms with Gasteiger partial charge in [-0.25, -0.2) is 0 Å². The summed E-state index contributed by atoms with van der Waals surface area (Å²) in [6, 6.07) is 15.3.